The summed E-state index contributed by atoms with van der Waals surface area (Å²) in [6, 6.07) is 16.8. The minimum absolute atomic E-state index is 0.143. The van der Waals surface area contributed by atoms with Gasteiger partial charge in [0.25, 0.3) is 0 Å². The fourth-order valence-electron chi connectivity index (χ4n) is 7.11. The van der Waals surface area contributed by atoms with E-state index >= 15 is 0 Å². The van der Waals surface area contributed by atoms with E-state index in [0.717, 1.165) is 62.7 Å². The van der Waals surface area contributed by atoms with Gasteiger partial charge in [0.15, 0.2) is 0 Å². The van der Waals surface area contributed by atoms with Crippen molar-refractivity contribution < 1.29 is 14.3 Å². The summed E-state index contributed by atoms with van der Waals surface area (Å²) in [6.07, 6.45) is 7.80. The van der Waals surface area contributed by atoms with Crippen LogP contribution in [0.3, 0.4) is 0 Å². The lowest BCUT2D eigenvalue weighted by Gasteiger charge is -2.64. The van der Waals surface area contributed by atoms with Crippen LogP contribution in [-0.4, -0.2) is 18.1 Å². The van der Waals surface area contributed by atoms with Crippen LogP contribution >= 0.6 is 0 Å². The Labute approximate surface area is 198 Å². The van der Waals surface area contributed by atoms with Crippen LogP contribution in [0.5, 0.6) is 5.75 Å². The second-order valence-corrected chi connectivity index (χ2v) is 9.99. The van der Waals surface area contributed by atoms with Gasteiger partial charge in [-0.1, -0.05) is 56.7 Å². The van der Waals surface area contributed by atoms with Gasteiger partial charge in [0.2, 0.25) is 0 Å². The molecule has 178 valence electrons. The highest BCUT2D eigenvalue weighted by Gasteiger charge is 2.66. The van der Waals surface area contributed by atoms with E-state index in [2.05, 4.69) is 44.2 Å². The molecule has 4 heteroatoms. The Kier molecular flexibility index (Phi) is 6.86. The standard InChI is InChI=1S/C29H39NO3/c1-4-27(5-2,21-30)29-17-10-9-16-28(29,33-22(3)31)18-15-24-13-14-25(19-26(24)29)32-20-23-11-7-6-8-12-23/h6-8,11-14,19H,4-5,9-10,15-18,20-21,30H2,1-3H3. The molecule has 0 radical (unpaired) electrons. The molecule has 0 heterocycles. The smallest absolute Gasteiger partial charge is 0.303 e. The maximum absolute atomic E-state index is 12.5. The molecule has 2 unspecified atom stereocenters. The summed E-state index contributed by atoms with van der Waals surface area (Å²) in [7, 11) is 0. The van der Waals surface area contributed by atoms with Crippen LogP contribution in [0.1, 0.15) is 82.4 Å². The molecule has 2 aliphatic carbocycles. The molecule has 2 atom stereocenters. The van der Waals surface area contributed by atoms with Crippen molar-refractivity contribution in [1.29, 1.82) is 0 Å². The SMILES string of the molecule is CCC(CC)(CN)C12CCCCC1(OC(C)=O)CCc1ccc(OCc3ccccc3)cc12. The van der Waals surface area contributed by atoms with Gasteiger partial charge < -0.3 is 15.2 Å². The molecule has 4 rings (SSSR count). The number of hydrogen-bond donors (Lipinski definition) is 1. The number of nitrogens with two attached hydrogens (primary N) is 1. The Balaban J connectivity index is 1.85. The number of carbonyl (C=O) groups is 1. The summed E-state index contributed by atoms with van der Waals surface area (Å²) in [4.78, 5) is 12.5. The fraction of sp³-hybridized carbons (Fsp3) is 0.552. The van der Waals surface area contributed by atoms with Crippen LogP contribution in [0.15, 0.2) is 48.5 Å². The van der Waals surface area contributed by atoms with Gasteiger partial charge in [-0.05, 0) is 85.7 Å². The topological polar surface area (TPSA) is 61.5 Å². The van der Waals surface area contributed by atoms with Gasteiger partial charge in [0.1, 0.15) is 18.0 Å². The Morgan fingerprint density at radius 2 is 1.76 bits per heavy atom. The summed E-state index contributed by atoms with van der Waals surface area (Å²) in [5, 5.41) is 0. The summed E-state index contributed by atoms with van der Waals surface area (Å²) >= 11 is 0. The lowest BCUT2D eigenvalue weighted by atomic mass is 9.43. The van der Waals surface area contributed by atoms with Gasteiger partial charge in [-0.25, -0.2) is 0 Å². The molecule has 0 aliphatic heterocycles. The Morgan fingerprint density at radius 1 is 1.03 bits per heavy atom. The van der Waals surface area contributed by atoms with Crippen molar-refractivity contribution in [2.75, 3.05) is 6.54 Å². The van der Waals surface area contributed by atoms with E-state index in [9.17, 15) is 4.79 Å². The van der Waals surface area contributed by atoms with Crippen LogP contribution in [-0.2, 0) is 28.0 Å². The summed E-state index contributed by atoms with van der Waals surface area (Å²) < 4.78 is 12.7. The number of esters is 1. The first-order valence-corrected chi connectivity index (χ1v) is 12.7. The predicted octanol–water partition coefficient (Wildman–Crippen LogP) is 6.09. The number of ether oxygens (including phenoxy) is 2. The fourth-order valence-corrected chi connectivity index (χ4v) is 7.11. The van der Waals surface area contributed by atoms with Crippen LogP contribution in [0.4, 0.5) is 0 Å². The third kappa shape index (κ3) is 3.86. The molecule has 1 fully saturated rings. The molecule has 1 saturated carbocycles. The van der Waals surface area contributed by atoms with Crippen molar-refractivity contribution in [2.24, 2.45) is 11.1 Å². The average molecular weight is 450 g/mol. The van der Waals surface area contributed by atoms with Gasteiger partial charge in [0.05, 0.1) is 0 Å². The van der Waals surface area contributed by atoms with Gasteiger partial charge in [-0.2, -0.15) is 0 Å². The van der Waals surface area contributed by atoms with E-state index in [1.165, 1.54) is 11.1 Å². The van der Waals surface area contributed by atoms with Crippen LogP contribution in [0, 0.1) is 5.41 Å². The van der Waals surface area contributed by atoms with E-state index in [4.69, 9.17) is 15.2 Å². The third-order valence-corrected chi connectivity index (χ3v) is 8.74. The number of fused-ring (bicyclic) bond motifs is 3. The summed E-state index contributed by atoms with van der Waals surface area (Å²) in [5.74, 6) is 0.693. The number of benzene rings is 2. The van der Waals surface area contributed by atoms with Crippen molar-refractivity contribution in [1.82, 2.24) is 0 Å². The minimum atomic E-state index is -0.506. The second-order valence-electron chi connectivity index (χ2n) is 9.99. The van der Waals surface area contributed by atoms with Gasteiger partial charge in [-0.3, -0.25) is 4.79 Å². The maximum atomic E-state index is 12.5. The molecule has 0 aromatic heterocycles. The number of carbonyl (C=O) groups excluding carboxylic acids is 1. The normalized spacial score (nSPS) is 24.5. The first kappa shape index (κ1) is 23.8. The van der Waals surface area contributed by atoms with Crippen molar-refractivity contribution in [2.45, 2.75) is 89.8 Å². The summed E-state index contributed by atoms with van der Waals surface area (Å²) in [6.45, 7) is 7.18. The molecule has 2 N–H and O–H groups in total. The first-order chi connectivity index (χ1) is 16.0. The van der Waals surface area contributed by atoms with Gasteiger partial charge in [0, 0.05) is 12.3 Å². The highest BCUT2D eigenvalue weighted by Crippen LogP contribution is 2.64. The number of rotatable bonds is 8. The molecule has 0 spiro atoms. The maximum Gasteiger partial charge on any atom is 0.303 e. The van der Waals surface area contributed by atoms with Crippen LogP contribution in [0.25, 0.3) is 0 Å². The molecule has 0 bridgehead atoms. The monoisotopic (exact) mass is 449 g/mol. The molecule has 2 aliphatic rings. The van der Waals surface area contributed by atoms with E-state index in [1.807, 2.05) is 18.2 Å². The van der Waals surface area contributed by atoms with Crippen molar-refractivity contribution >= 4 is 5.97 Å². The Hall–Kier alpha value is -2.33. The lowest BCUT2D eigenvalue weighted by molar-refractivity contribution is -0.192. The average Bonchev–Trinajstić information content (AvgIpc) is 2.84. The van der Waals surface area contributed by atoms with E-state index in [1.54, 1.807) is 6.92 Å². The molecule has 0 saturated heterocycles. The Morgan fingerprint density at radius 3 is 2.42 bits per heavy atom. The van der Waals surface area contributed by atoms with Gasteiger partial charge >= 0.3 is 5.97 Å². The largest absolute Gasteiger partial charge is 0.489 e. The summed E-state index contributed by atoms with van der Waals surface area (Å²) in [5.41, 5.74) is 9.46. The van der Waals surface area contributed by atoms with Crippen molar-refractivity contribution in [3.05, 3.63) is 65.2 Å². The molecule has 2 aromatic rings. The van der Waals surface area contributed by atoms with E-state index in [0.29, 0.717) is 13.2 Å². The molecule has 33 heavy (non-hydrogen) atoms. The zero-order valence-corrected chi connectivity index (χ0v) is 20.5. The van der Waals surface area contributed by atoms with E-state index < -0.39 is 5.60 Å². The number of hydrogen-bond acceptors (Lipinski definition) is 4. The quantitative estimate of drug-likeness (QED) is 0.495. The minimum Gasteiger partial charge on any atom is -0.489 e. The lowest BCUT2D eigenvalue weighted by Crippen LogP contribution is -2.67. The molecule has 4 nitrogen and oxygen atoms in total. The van der Waals surface area contributed by atoms with Gasteiger partial charge in [-0.15, -0.1) is 0 Å². The van der Waals surface area contributed by atoms with Crippen LogP contribution < -0.4 is 10.5 Å². The third-order valence-electron chi connectivity index (χ3n) is 8.74. The molecule has 0 amide bonds. The Bertz CT molecular complexity index is 960. The zero-order chi connectivity index (χ0) is 23.5. The highest BCUT2D eigenvalue weighted by atomic mass is 16.6. The van der Waals surface area contributed by atoms with Crippen LogP contribution in [0.2, 0.25) is 0 Å². The molecule has 2 aromatic carbocycles. The molecular weight excluding hydrogens is 410 g/mol. The molecular formula is C29H39NO3. The first-order valence-electron chi connectivity index (χ1n) is 12.7. The predicted molar refractivity (Wildman–Crippen MR) is 132 cm³/mol. The van der Waals surface area contributed by atoms with Crippen molar-refractivity contribution in [3.8, 4) is 5.75 Å². The number of aryl methyl sites for hydroxylation is 1. The van der Waals surface area contributed by atoms with E-state index in [-0.39, 0.29) is 16.8 Å². The van der Waals surface area contributed by atoms with Crippen molar-refractivity contribution in [3.63, 3.8) is 0 Å². The highest BCUT2D eigenvalue weighted by molar-refractivity contribution is 5.67. The second kappa shape index (κ2) is 9.50. The zero-order valence-electron chi connectivity index (χ0n) is 20.5.